The van der Waals surface area contributed by atoms with Crippen molar-refractivity contribution < 1.29 is 19.1 Å². The Balaban J connectivity index is 1.74. The molecule has 0 radical (unpaired) electrons. The fourth-order valence-electron chi connectivity index (χ4n) is 2.07. The van der Waals surface area contributed by atoms with Gasteiger partial charge < -0.3 is 14.8 Å². The standard InChI is InChI=1S/C19H20ClNO4S/c1-13(19(23)21-11-14-5-3-4-6-17(14)20)25-18(22)12-26-16-9-7-15(24-2)8-10-16/h3-10,13H,11-12H2,1-2H3,(H,21,23)/t13-/m1/s1. The normalized spacial score (nSPS) is 11.5. The van der Waals surface area contributed by atoms with Crippen molar-refractivity contribution in [1.82, 2.24) is 5.32 Å². The van der Waals surface area contributed by atoms with Crippen molar-refractivity contribution in [2.45, 2.75) is 24.5 Å². The van der Waals surface area contributed by atoms with Gasteiger partial charge in [-0.05, 0) is 42.8 Å². The SMILES string of the molecule is COc1ccc(SCC(=O)O[C@H](C)C(=O)NCc2ccccc2Cl)cc1. The zero-order chi connectivity index (χ0) is 18.9. The molecule has 7 heteroatoms. The second kappa shape index (κ2) is 10.1. The van der Waals surface area contributed by atoms with Crippen molar-refractivity contribution in [2.24, 2.45) is 0 Å². The predicted octanol–water partition coefficient (Wildman–Crippen LogP) is 3.69. The average molecular weight is 394 g/mol. The minimum atomic E-state index is -0.874. The van der Waals surface area contributed by atoms with E-state index in [4.69, 9.17) is 21.1 Å². The summed E-state index contributed by atoms with van der Waals surface area (Å²) >= 11 is 7.38. The summed E-state index contributed by atoms with van der Waals surface area (Å²) in [6, 6.07) is 14.6. The third-order valence-corrected chi connectivity index (χ3v) is 4.86. The van der Waals surface area contributed by atoms with E-state index in [2.05, 4.69) is 5.32 Å². The van der Waals surface area contributed by atoms with Crippen molar-refractivity contribution in [3.05, 3.63) is 59.1 Å². The zero-order valence-corrected chi connectivity index (χ0v) is 16.1. The van der Waals surface area contributed by atoms with Gasteiger partial charge in [0.1, 0.15) is 5.75 Å². The third kappa shape index (κ3) is 6.28. The molecule has 1 N–H and O–H groups in total. The van der Waals surface area contributed by atoms with Gasteiger partial charge in [0, 0.05) is 16.5 Å². The highest BCUT2D eigenvalue weighted by atomic mass is 35.5. The third-order valence-electron chi connectivity index (χ3n) is 3.50. The Bertz CT molecular complexity index is 751. The molecule has 0 aliphatic carbocycles. The van der Waals surface area contributed by atoms with Crippen LogP contribution in [0.25, 0.3) is 0 Å². The van der Waals surface area contributed by atoms with Crippen LogP contribution >= 0.6 is 23.4 Å². The molecule has 0 heterocycles. The Hall–Kier alpha value is -2.18. The summed E-state index contributed by atoms with van der Waals surface area (Å²) < 4.78 is 10.3. The van der Waals surface area contributed by atoms with Crippen LogP contribution in [-0.2, 0) is 20.9 Å². The van der Waals surface area contributed by atoms with Crippen LogP contribution in [0.5, 0.6) is 5.75 Å². The van der Waals surface area contributed by atoms with Crippen LogP contribution in [-0.4, -0.2) is 30.8 Å². The molecule has 26 heavy (non-hydrogen) atoms. The molecule has 5 nitrogen and oxygen atoms in total. The Morgan fingerprint density at radius 1 is 1.15 bits per heavy atom. The van der Waals surface area contributed by atoms with E-state index < -0.39 is 12.1 Å². The lowest BCUT2D eigenvalue weighted by atomic mass is 10.2. The highest BCUT2D eigenvalue weighted by Crippen LogP contribution is 2.21. The first-order valence-electron chi connectivity index (χ1n) is 7.97. The van der Waals surface area contributed by atoms with Crippen LogP contribution < -0.4 is 10.1 Å². The van der Waals surface area contributed by atoms with E-state index in [1.54, 1.807) is 13.2 Å². The van der Waals surface area contributed by atoms with Gasteiger partial charge in [-0.15, -0.1) is 11.8 Å². The van der Waals surface area contributed by atoms with Gasteiger partial charge in [-0.1, -0.05) is 29.8 Å². The molecule has 0 aromatic heterocycles. The van der Waals surface area contributed by atoms with E-state index in [9.17, 15) is 9.59 Å². The summed E-state index contributed by atoms with van der Waals surface area (Å²) in [7, 11) is 1.59. The lowest BCUT2D eigenvalue weighted by Gasteiger charge is -2.14. The minimum absolute atomic E-state index is 0.120. The van der Waals surface area contributed by atoms with Crippen LogP contribution in [0.15, 0.2) is 53.4 Å². The summed E-state index contributed by atoms with van der Waals surface area (Å²) in [5.74, 6) is 0.0498. The molecule has 1 atom stereocenters. The number of esters is 1. The van der Waals surface area contributed by atoms with Gasteiger partial charge >= 0.3 is 5.97 Å². The summed E-state index contributed by atoms with van der Waals surface area (Å²) in [4.78, 5) is 24.9. The molecule has 0 saturated carbocycles. The van der Waals surface area contributed by atoms with Gasteiger partial charge in [0.15, 0.2) is 6.10 Å². The van der Waals surface area contributed by atoms with E-state index in [0.29, 0.717) is 5.02 Å². The van der Waals surface area contributed by atoms with Crippen molar-refractivity contribution in [3.8, 4) is 5.75 Å². The maximum Gasteiger partial charge on any atom is 0.317 e. The second-order valence-corrected chi connectivity index (χ2v) is 6.86. The smallest absolute Gasteiger partial charge is 0.317 e. The number of ether oxygens (including phenoxy) is 2. The molecule has 0 bridgehead atoms. The van der Waals surface area contributed by atoms with Crippen LogP contribution in [0, 0.1) is 0 Å². The number of methoxy groups -OCH3 is 1. The highest BCUT2D eigenvalue weighted by Gasteiger charge is 2.18. The molecule has 0 aliphatic rings. The molecule has 0 saturated heterocycles. The number of benzene rings is 2. The van der Waals surface area contributed by atoms with E-state index in [1.165, 1.54) is 18.7 Å². The molecule has 2 rings (SSSR count). The average Bonchev–Trinajstić information content (AvgIpc) is 2.65. The number of hydrogen-bond donors (Lipinski definition) is 1. The maximum atomic E-state index is 12.1. The number of carbonyl (C=O) groups excluding carboxylic acids is 2. The molecule has 0 aliphatic heterocycles. The number of thioether (sulfide) groups is 1. The summed E-state index contributed by atoms with van der Waals surface area (Å²) in [6.07, 6.45) is -0.874. The Labute approximate surface area is 162 Å². The predicted molar refractivity (Wildman–Crippen MR) is 103 cm³/mol. The minimum Gasteiger partial charge on any atom is -0.497 e. The van der Waals surface area contributed by atoms with Gasteiger partial charge in [0.05, 0.1) is 12.9 Å². The first kappa shape index (κ1) is 20.1. The molecule has 0 unspecified atom stereocenters. The zero-order valence-electron chi connectivity index (χ0n) is 14.5. The Morgan fingerprint density at radius 2 is 1.85 bits per heavy atom. The number of halogens is 1. The van der Waals surface area contributed by atoms with Gasteiger partial charge in [0.25, 0.3) is 5.91 Å². The van der Waals surface area contributed by atoms with E-state index >= 15 is 0 Å². The highest BCUT2D eigenvalue weighted by molar-refractivity contribution is 8.00. The van der Waals surface area contributed by atoms with Gasteiger partial charge in [0.2, 0.25) is 0 Å². The fraction of sp³-hybridized carbons (Fsp3) is 0.263. The number of amides is 1. The van der Waals surface area contributed by atoms with Crippen LogP contribution in [0.2, 0.25) is 5.02 Å². The topological polar surface area (TPSA) is 64.6 Å². The van der Waals surface area contributed by atoms with Crippen molar-refractivity contribution in [1.29, 1.82) is 0 Å². The maximum absolute atomic E-state index is 12.1. The molecule has 2 aromatic carbocycles. The molecule has 0 spiro atoms. The van der Waals surface area contributed by atoms with Crippen LogP contribution in [0.4, 0.5) is 0 Å². The summed E-state index contributed by atoms with van der Waals surface area (Å²) in [6.45, 7) is 1.82. The van der Waals surface area contributed by atoms with Crippen LogP contribution in [0.3, 0.4) is 0 Å². The summed E-state index contributed by atoms with van der Waals surface area (Å²) in [5.41, 5.74) is 0.802. The molecule has 2 aromatic rings. The second-order valence-electron chi connectivity index (χ2n) is 5.41. The molecule has 138 valence electrons. The first-order valence-corrected chi connectivity index (χ1v) is 9.33. The lowest BCUT2D eigenvalue weighted by molar-refractivity contribution is -0.152. The van der Waals surface area contributed by atoms with Crippen molar-refractivity contribution in [2.75, 3.05) is 12.9 Å². The van der Waals surface area contributed by atoms with E-state index in [1.807, 2.05) is 42.5 Å². The molecule has 0 fully saturated rings. The number of nitrogens with one attached hydrogen (secondary N) is 1. The molecular weight excluding hydrogens is 374 g/mol. The Morgan fingerprint density at radius 3 is 2.50 bits per heavy atom. The van der Waals surface area contributed by atoms with Gasteiger partial charge in [-0.2, -0.15) is 0 Å². The van der Waals surface area contributed by atoms with Crippen LogP contribution in [0.1, 0.15) is 12.5 Å². The first-order chi connectivity index (χ1) is 12.5. The molecular formula is C19H20ClNO4S. The monoisotopic (exact) mass is 393 g/mol. The lowest BCUT2D eigenvalue weighted by Crippen LogP contribution is -2.35. The summed E-state index contributed by atoms with van der Waals surface area (Å²) in [5, 5.41) is 3.29. The van der Waals surface area contributed by atoms with Crippen molar-refractivity contribution in [3.63, 3.8) is 0 Å². The van der Waals surface area contributed by atoms with E-state index in [0.717, 1.165) is 16.2 Å². The number of carbonyl (C=O) groups is 2. The molecule has 1 amide bonds. The van der Waals surface area contributed by atoms with E-state index in [-0.39, 0.29) is 18.2 Å². The largest absolute Gasteiger partial charge is 0.497 e. The number of hydrogen-bond acceptors (Lipinski definition) is 5. The van der Waals surface area contributed by atoms with Crippen molar-refractivity contribution >= 4 is 35.2 Å². The fourth-order valence-corrected chi connectivity index (χ4v) is 2.95. The van der Waals surface area contributed by atoms with Gasteiger partial charge in [-0.3, -0.25) is 9.59 Å². The van der Waals surface area contributed by atoms with Gasteiger partial charge in [-0.25, -0.2) is 0 Å². The quantitative estimate of drug-likeness (QED) is 0.547. The number of rotatable bonds is 8. The Kier molecular flexibility index (Phi) is 7.81.